The molecule has 9 aliphatic carbocycles. The fraction of sp³-hybridized carbons (Fsp3) is 0.848. The molecule has 0 radical (unpaired) electrons. The van der Waals surface area contributed by atoms with Gasteiger partial charge in [0.05, 0.1) is 95.1 Å². The number of carbonyl (C=O) groups is 13. The molecule has 0 N–H and O–H groups in total. The van der Waals surface area contributed by atoms with E-state index in [0.29, 0.717) is 81.5 Å². The van der Waals surface area contributed by atoms with E-state index in [1.165, 1.54) is 33.5 Å². The van der Waals surface area contributed by atoms with Crippen molar-refractivity contribution >= 4 is 77.6 Å². The van der Waals surface area contributed by atoms with Gasteiger partial charge in [-0.2, -0.15) is 5.26 Å². The minimum atomic E-state index is -0.974. The summed E-state index contributed by atoms with van der Waals surface area (Å²) in [5.41, 5.74) is -4.36. The maximum atomic E-state index is 12.4. The predicted molar refractivity (Wildman–Crippen MR) is 432 cm³/mol. The van der Waals surface area contributed by atoms with E-state index >= 15 is 0 Å². The number of carbonyl (C=O) groups excluding carboxylic acids is 13. The van der Waals surface area contributed by atoms with E-state index in [1.54, 1.807) is 0 Å². The first-order valence-electron chi connectivity index (χ1n) is 43.3. The lowest BCUT2D eigenvalue weighted by molar-refractivity contribution is -0.184. The molecule has 120 heavy (non-hydrogen) atoms. The Morgan fingerprint density at radius 1 is 0.442 bits per heavy atom. The summed E-state index contributed by atoms with van der Waals surface area (Å²) < 4.78 is 75.1. The van der Waals surface area contributed by atoms with Gasteiger partial charge in [-0.3, -0.25) is 57.5 Å². The number of hydrogen-bond donors (Lipinski definition) is 0. The third kappa shape index (κ3) is 18.7. The number of esters is 13. The molecule has 28 nitrogen and oxygen atoms in total. The Kier molecular flexibility index (Phi) is 30.3. The molecule has 9 heterocycles. The summed E-state index contributed by atoms with van der Waals surface area (Å²) in [4.78, 5) is 154. The van der Waals surface area contributed by atoms with Crippen LogP contribution in [0.2, 0.25) is 0 Å². The van der Waals surface area contributed by atoms with Gasteiger partial charge in [0.2, 0.25) is 6.10 Å². The van der Waals surface area contributed by atoms with Crippen LogP contribution < -0.4 is 0 Å². The zero-order valence-electron chi connectivity index (χ0n) is 72.5. The van der Waals surface area contributed by atoms with Crippen LogP contribution in [0, 0.1) is 132 Å². The Bertz CT molecular complexity index is 3870. The van der Waals surface area contributed by atoms with Crippen LogP contribution in [0.3, 0.4) is 0 Å². The van der Waals surface area contributed by atoms with Crippen LogP contribution in [-0.2, 0) is 129 Å². The number of cyclic esters (lactones) is 1. The minimum Gasteiger partial charge on any atom is -0.469 e. The number of ether oxygens (including phenoxy) is 14. The zero-order chi connectivity index (χ0) is 86.1. The van der Waals surface area contributed by atoms with Crippen LogP contribution in [0.4, 0.5) is 0 Å². The van der Waals surface area contributed by atoms with Gasteiger partial charge >= 0.3 is 77.6 Å². The monoisotopic (exact) mass is 1690 g/mol. The Hall–Kier alpha value is -7.44. The van der Waals surface area contributed by atoms with Gasteiger partial charge in [0, 0.05) is 48.3 Å². The molecule has 9 saturated carbocycles. The average Bonchev–Trinajstić information content (AvgIpc) is 1.51. The van der Waals surface area contributed by atoms with E-state index in [4.69, 9.17) is 61.6 Å². The van der Waals surface area contributed by atoms with Gasteiger partial charge in [0.25, 0.3) is 0 Å². The van der Waals surface area contributed by atoms with Crippen molar-refractivity contribution in [2.75, 3.05) is 20.8 Å². The molecule has 0 aromatic rings. The number of fused-ring (bicyclic) bond motifs is 10. The average molecular weight is 1690 g/mol. The molecule has 18 aliphatic rings. The van der Waals surface area contributed by atoms with Crippen LogP contribution in [0.5, 0.6) is 0 Å². The van der Waals surface area contributed by atoms with E-state index in [9.17, 15) is 67.6 Å². The van der Waals surface area contributed by atoms with E-state index in [-0.39, 0.29) is 165 Å². The Labute approximate surface area is 710 Å². The standard InChI is InChI=1S/C16H22O6.C16H24O4.C15H19NO4.C13H18O5.C13H20O4.C9H12O2.C7H14O2.3CH4/c1-5-16(2,3)15(19)22-12-7-6-8-10(9(7)13(17)20-4)14(18)21-11(8)12;1-4-15(2,3)14(18)20-16-7-10-5-11(8-16)13(17)19-12(6-10)9-16;1-4-14(2,3)12(17)19-10-8-5-9-11(10)20-13(18)15(9,6-8)7-16;1-4-13(2,3)12(15)18-9-7-5-6-8(16-7)10(9)17-11(6)14;1-4-13(2,3)12(15)17-10-8-6-5-7-9(8)16-11(10)14;10-9-8-6-2-1-5(3-6)7(8)4-11-9;1-5-7(2,3)6(8)9-4;;;/h7-12H,5-6H2,1-4H3;10-12H,4-9H2,1-3H3;8-11H,4-6H2,1-3H3;6-10H,4-5H2,1-3H3;8-10H,4-7H2,1-3H3;5-8H,1-4H2;5H2,1-4H3;3*1H4. The van der Waals surface area contributed by atoms with Crippen molar-refractivity contribution in [2.24, 2.45) is 121 Å². The van der Waals surface area contributed by atoms with E-state index in [0.717, 1.165) is 70.3 Å². The molecule has 9 saturated heterocycles. The SMILES string of the molecule is C.C.C.CCC(C)(C)C(=O)OC.CCC(C)(C)C(=O)OC12CC3CC(C1)OC(=O)C(C3)C2.CCC(C)(C)C(=O)OC1C(=O)OC2CCCC21.CCC(C)(C)C(=O)OC1C2CC3C(=O)OC1C3O2.CCC(C)(C)C(=O)OC1C2CC3C1OC(=O)C3(C#N)C2.CCC(C)(C)C(=O)OC1C2CC3C1OC(=O)C3C2C(=O)OC.O=C1OCC2C3CCC(C3)C12. The number of nitrogens with zero attached hydrogens (tertiary/aromatic N) is 1. The Morgan fingerprint density at radius 3 is 1.55 bits per heavy atom. The molecule has 18 fully saturated rings. The van der Waals surface area contributed by atoms with E-state index in [2.05, 4.69) is 10.8 Å². The van der Waals surface area contributed by atoms with E-state index < -0.39 is 98.5 Å². The first-order chi connectivity index (χ1) is 54.8. The van der Waals surface area contributed by atoms with Crippen LogP contribution in [-0.4, -0.2) is 171 Å². The predicted octanol–water partition coefficient (Wildman–Crippen LogP) is 13.8. The summed E-state index contributed by atoms with van der Waals surface area (Å²) in [6.07, 6.45) is 14.1. The highest BCUT2D eigenvalue weighted by Gasteiger charge is 2.74. The lowest BCUT2D eigenvalue weighted by Crippen LogP contribution is -2.49. The molecule has 27 atom stereocenters. The summed E-state index contributed by atoms with van der Waals surface area (Å²) >= 11 is 0. The molecule has 27 unspecified atom stereocenters. The van der Waals surface area contributed by atoms with Crippen molar-refractivity contribution in [2.45, 2.75) is 354 Å². The smallest absolute Gasteiger partial charge is 0.348 e. The molecule has 0 aromatic heterocycles. The van der Waals surface area contributed by atoms with Crippen molar-refractivity contribution in [1.82, 2.24) is 0 Å². The number of hydrogen-bond acceptors (Lipinski definition) is 28. The third-order valence-electron chi connectivity index (χ3n) is 30.5. The zero-order valence-corrected chi connectivity index (χ0v) is 72.5. The normalized spacial score (nSPS) is 37.0. The van der Waals surface area contributed by atoms with Crippen molar-refractivity contribution in [3.05, 3.63) is 0 Å². The molecule has 18 rings (SSSR count). The van der Waals surface area contributed by atoms with Crippen LogP contribution in [0.1, 0.15) is 282 Å². The number of rotatable bonds is 18. The maximum absolute atomic E-state index is 12.4. The summed E-state index contributed by atoms with van der Waals surface area (Å²) in [7, 11) is 2.73. The van der Waals surface area contributed by atoms with Crippen molar-refractivity contribution < 1.29 is 129 Å². The second kappa shape index (κ2) is 37.2. The second-order valence-corrected chi connectivity index (χ2v) is 40.0. The highest BCUT2D eigenvalue weighted by atomic mass is 16.7. The molecular weight excluding hydrogens is 1550 g/mol. The Balaban J connectivity index is 0.000000176. The van der Waals surface area contributed by atoms with Gasteiger partial charge in [-0.1, -0.05) is 63.8 Å². The molecule has 28 heteroatoms. The summed E-state index contributed by atoms with van der Waals surface area (Å²) in [6.45, 7) is 34.8. The van der Waals surface area contributed by atoms with Crippen molar-refractivity contribution in [3.8, 4) is 6.07 Å². The van der Waals surface area contributed by atoms with Crippen molar-refractivity contribution in [1.29, 1.82) is 5.26 Å². The van der Waals surface area contributed by atoms with Gasteiger partial charge in [0.1, 0.15) is 48.3 Å². The topological polar surface area (TPSA) is 375 Å². The molecule has 0 spiro atoms. The summed E-state index contributed by atoms with van der Waals surface area (Å²) in [6, 6.07) is 2.15. The van der Waals surface area contributed by atoms with Gasteiger partial charge in [-0.05, 0) is 223 Å². The maximum Gasteiger partial charge on any atom is 0.348 e. The fourth-order valence-corrected chi connectivity index (χ4v) is 20.6. The fourth-order valence-electron chi connectivity index (χ4n) is 20.6. The molecule has 0 aromatic carbocycles. The lowest BCUT2D eigenvalue weighted by Gasteiger charge is -2.46. The lowest BCUT2D eigenvalue weighted by atomic mass is 9.65. The van der Waals surface area contributed by atoms with Crippen molar-refractivity contribution in [3.63, 3.8) is 0 Å². The van der Waals surface area contributed by atoms with Crippen LogP contribution >= 0.6 is 0 Å². The molecule has 9 aliphatic heterocycles. The van der Waals surface area contributed by atoms with Crippen LogP contribution in [0.25, 0.3) is 0 Å². The van der Waals surface area contributed by atoms with Gasteiger partial charge in [0.15, 0.2) is 17.6 Å². The minimum absolute atomic E-state index is 0. The number of methoxy groups -OCH3 is 2. The van der Waals surface area contributed by atoms with Gasteiger partial charge < -0.3 is 66.3 Å². The summed E-state index contributed by atoms with van der Waals surface area (Å²) in [5.74, 6) is -1.56. The first-order valence-corrected chi connectivity index (χ1v) is 43.3. The van der Waals surface area contributed by atoms with Crippen LogP contribution in [0.15, 0.2) is 0 Å². The largest absolute Gasteiger partial charge is 0.469 e. The van der Waals surface area contributed by atoms with E-state index in [1.807, 2.05) is 125 Å². The summed E-state index contributed by atoms with van der Waals surface area (Å²) in [5, 5.41) is 9.31. The first kappa shape index (κ1) is 98.0. The third-order valence-corrected chi connectivity index (χ3v) is 30.5. The second-order valence-electron chi connectivity index (χ2n) is 40.0. The molecule has 676 valence electrons. The number of nitriles is 1. The molecule has 12 bridgehead atoms. The van der Waals surface area contributed by atoms with Gasteiger partial charge in [-0.25, -0.2) is 4.79 Å². The highest BCUT2D eigenvalue weighted by Crippen LogP contribution is 2.64. The highest BCUT2D eigenvalue weighted by molar-refractivity contribution is 5.88. The Morgan fingerprint density at radius 2 is 0.992 bits per heavy atom. The molecular formula is C92H141NO27. The quantitative estimate of drug-likeness (QED) is 0.0908. The van der Waals surface area contributed by atoms with Gasteiger partial charge in [-0.15, -0.1) is 0 Å². The molecule has 0 amide bonds.